The van der Waals surface area contributed by atoms with Gasteiger partial charge >= 0.3 is 0 Å². The fraction of sp³-hybridized carbons (Fsp3) is 0.500. The van der Waals surface area contributed by atoms with Gasteiger partial charge in [-0.15, -0.1) is 0 Å². The van der Waals surface area contributed by atoms with Gasteiger partial charge in [-0.2, -0.15) is 0 Å². The van der Waals surface area contributed by atoms with Crippen molar-refractivity contribution in [2.45, 2.75) is 6.92 Å². The quantitative estimate of drug-likeness (QED) is 0.424. The van der Waals surface area contributed by atoms with Crippen molar-refractivity contribution in [1.29, 1.82) is 0 Å². The molecule has 0 aromatic rings. The maximum atomic E-state index is 9.00. The SMILES string of the molecule is CC(=O)O.O.O.[Fe]. The normalized spacial score (nSPS) is 3.57. The van der Waals surface area contributed by atoms with Crippen molar-refractivity contribution >= 4 is 5.97 Å². The van der Waals surface area contributed by atoms with E-state index < -0.39 is 5.97 Å². The zero-order valence-electron chi connectivity index (χ0n) is 3.71. The smallest absolute Gasteiger partial charge is 0.300 e. The van der Waals surface area contributed by atoms with E-state index in [0.717, 1.165) is 6.92 Å². The third kappa shape index (κ3) is 11000. The zero-order chi connectivity index (χ0) is 3.58. The van der Waals surface area contributed by atoms with Crippen molar-refractivity contribution in [2.75, 3.05) is 0 Å². The summed E-state index contributed by atoms with van der Waals surface area (Å²) >= 11 is 0. The molecule has 0 radical (unpaired) electrons. The number of hydrogen-bond donors (Lipinski definition) is 1. The van der Waals surface area contributed by atoms with Crippen LogP contribution in [0.1, 0.15) is 6.92 Å². The Kier molecular flexibility index (Phi) is 68.5. The Morgan fingerprint density at radius 3 is 1.43 bits per heavy atom. The number of rotatable bonds is 0. The van der Waals surface area contributed by atoms with Gasteiger partial charge in [0, 0.05) is 24.0 Å². The van der Waals surface area contributed by atoms with E-state index in [4.69, 9.17) is 9.90 Å². The standard InChI is InChI=1S/C2H4O2.Fe.2H2O/c1-2(3)4;;;/h1H3,(H,3,4);;2*1H2. The number of carboxylic acid groups (broad SMARTS) is 1. The molecule has 0 atom stereocenters. The van der Waals surface area contributed by atoms with Crippen LogP contribution in [0.2, 0.25) is 0 Å². The van der Waals surface area contributed by atoms with Gasteiger partial charge in [0.25, 0.3) is 5.97 Å². The van der Waals surface area contributed by atoms with Gasteiger partial charge in [0.05, 0.1) is 0 Å². The first-order valence-electron chi connectivity index (χ1n) is 0.928. The molecule has 0 aliphatic carbocycles. The van der Waals surface area contributed by atoms with E-state index in [1.165, 1.54) is 0 Å². The molecule has 0 spiro atoms. The minimum atomic E-state index is -0.833. The van der Waals surface area contributed by atoms with E-state index in [0.29, 0.717) is 0 Å². The van der Waals surface area contributed by atoms with Crippen molar-refractivity contribution in [1.82, 2.24) is 0 Å². The van der Waals surface area contributed by atoms with Crippen LogP contribution < -0.4 is 0 Å². The summed E-state index contributed by atoms with van der Waals surface area (Å²) in [6, 6.07) is 0. The van der Waals surface area contributed by atoms with E-state index in [1.807, 2.05) is 0 Å². The summed E-state index contributed by atoms with van der Waals surface area (Å²) in [5.41, 5.74) is 0. The van der Waals surface area contributed by atoms with Gasteiger partial charge in [-0.05, 0) is 0 Å². The Labute approximate surface area is 51.6 Å². The largest absolute Gasteiger partial charge is 0.481 e. The van der Waals surface area contributed by atoms with E-state index in [2.05, 4.69) is 0 Å². The second kappa shape index (κ2) is 16.8. The summed E-state index contributed by atoms with van der Waals surface area (Å²) in [7, 11) is 0. The Balaban J connectivity index is -0.0000000150. The predicted molar refractivity (Wildman–Crippen MR) is 20.5 cm³/mol. The number of hydrogen-bond acceptors (Lipinski definition) is 1. The Morgan fingerprint density at radius 1 is 1.43 bits per heavy atom. The minimum Gasteiger partial charge on any atom is -0.481 e. The first-order valence-corrected chi connectivity index (χ1v) is 0.928. The van der Waals surface area contributed by atoms with Gasteiger partial charge < -0.3 is 16.1 Å². The second-order valence-corrected chi connectivity index (χ2v) is 0.519. The maximum absolute atomic E-state index is 9.00. The van der Waals surface area contributed by atoms with Crippen LogP contribution in [0.15, 0.2) is 0 Å². The average molecular weight is 152 g/mol. The molecule has 0 heterocycles. The van der Waals surface area contributed by atoms with E-state index >= 15 is 0 Å². The third-order valence-electron chi connectivity index (χ3n) is 0. The number of carboxylic acids is 1. The van der Waals surface area contributed by atoms with Crippen LogP contribution in [0, 0.1) is 0 Å². The van der Waals surface area contributed by atoms with Crippen LogP contribution >= 0.6 is 0 Å². The summed E-state index contributed by atoms with van der Waals surface area (Å²) in [4.78, 5) is 9.00. The maximum Gasteiger partial charge on any atom is 0.300 e. The summed E-state index contributed by atoms with van der Waals surface area (Å²) < 4.78 is 0. The van der Waals surface area contributed by atoms with E-state index in [-0.39, 0.29) is 28.0 Å². The Bertz CT molecular complexity index is 32.7. The van der Waals surface area contributed by atoms with Gasteiger partial charge in [-0.1, -0.05) is 0 Å². The Morgan fingerprint density at radius 2 is 1.43 bits per heavy atom. The van der Waals surface area contributed by atoms with Crippen LogP contribution in [-0.4, -0.2) is 22.0 Å². The summed E-state index contributed by atoms with van der Waals surface area (Å²) in [5.74, 6) is -0.833. The van der Waals surface area contributed by atoms with Crippen molar-refractivity contribution in [3.05, 3.63) is 0 Å². The van der Waals surface area contributed by atoms with Crippen molar-refractivity contribution in [3.8, 4) is 0 Å². The first-order chi connectivity index (χ1) is 1.73. The number of aliphatic carboxylic acids is 1. The molecule has 4 nitrogen and oxygen atoms in total. The topological polar surface area (TPSA) is 100 Å². The molecule has 0 fully saturated rings. The molecule has 0 saturated heterocycles. The molecule has 0 aliphatic rings. The third-order valence-corrected chi connectivity index (χ3v) is 0. The molecular formula is C2H8FeO4. The molecule has 0 unspecified atom stereocenters. The molecule has 7 heavy (non-hydrogen) atoms. The fourth-order valence-corrected chi connectivity index (χ4v) is 0. The van der Waals surface area contributed by atoms with Gasteiger partial charge in [0.1, 0.15) is 0 Å². The van der Waals surface area contributed by atoms with Crippen molar-refractivity contribution in [3.63, 3.8) is 0 Å². The molecular weight excluding hydrogens is 144 g/mol. The van der Waals surface area contributed by atoms with Crippen LogP contribution in [0.25, 0.3) is 0 Å². The fourth-order valence-electron chi connectivity index (χ4n) is 0. The predicted octanol–water partition coefficient (Wildman–Crippen LogP) is -1.56. The van der Waals surface area contributed by atoms with Crippen molar-refractivity contribution in [2.24, 2.45) is 0 Å². The van der Waals surface area contributed by atoms with Gasteiger partial charge in [-0.3, -0.25) is 4.79 Å². The summed E-state index contributed by atoms with van der Waals surface area (Å²) in [5, 5.41) is 7.42. The first kappa shape index (κ1) is 28.5. The minimum absolute atomic E-state index is 0. The molecule has 0 bridgehead atoms. The molecule has 0 aromatic carbocycles. The Hall–Kier alpha value is -0.0905. The van der Waals surface area contributed by atoms with Crippen LogP contribution in [-0.2, 0) is 21.9 Å². The monoisotopic (exact) mass is 152 g/mol. The van der Waals surface area contributed by atoms with Crippen molar-refractivity contribution < 1.29 is 37.9 Å². The molecule has 0 amide bonds. The number of carbonyl (C=O) groups is 1. The average Bonchev–Trinajstić information content (AvgIpc) is 0.811. The second-order valence-electron chi connectivity index (χ2n) is 0.519. The molecule has 0 saturated carbocycles. The van der Waals surface area contributed by atoms with Gasteiger partial charge in [0.15, 0.2) is 0 Å². The molecule has 5 heteroatoms. The molecule has 5 N–H and O–H groups in total. The molecule has 0 aliphatic heterocycles. The van der Waals surface area contributed by atoms with E-state index in [9.17, 15) is 0 Å². The van der Waals surface area contributed by atoms with Crippen LogP contribution in [0.5, 0.6) is 0 Å². The van der Waals surface area contributed by atoms with Gasteiger partial charge in [0.2, 0.25) is 0 Å². The van der Waals surface area contributed by atoms with Gasteiger partial charge in [-0.25, -0.2) is 0 Å². The molecule has 0 aromatic heterocycles. The molecule has 48 valence electrons. The van der Waals surface area contributed by atoms with E-state index in [1.54, 1.807) is 0 Å². The molecule has 0 rings (SSSR count). The van der Waals surface area contributed by atoms with Crippen LogP contribution in [0.3, 0.4) is 0 Å². The summed E-state index contributed by atoms with van der Waals surface area (Å²) in [6.07, 6.45) is 0. The summed E-state index contributed by atoms with van der Waals surface area (Å²) in [6.45, 7) is 1.08. The zero-order valence-corrected chi connectivity index (χ0v) is 4.81. The van der Waals surface area contributed by atoms with Crippen LogP contribution in [0.4, 0.5) is 0 Å².